The highest BCUT2D eigenvalue weighted by Gasteiger charge is 2.24. The molecule has 0 unspecified atom stereocenters. The maximum atomic E-state index is 12.3. The van der Waals surface area contributed by atoms with E-state index in [4.69, 9.17) is 9.47 Å². The maximum absolute atomic E-state index is 12.3. The van der Waals surface area contributed by atoms with E-state index in [1.165, 1.54) is 6.08 Å². The van der Waals surface area contributed by atoms with Crippen molar-refractivity contribution >= 4 is 12.1 Å². The molecule has 0 aliphatic carbocycles. The molecule has 0 atom stereocenters. The number of amides is 1. The quantitative estimate of drug-likeness (QED) is 0.612. The fraction of sp³-hybridized carbons (Fsp3) is 0.500. The number of ether oxygens (including phenoxy) is 2. The highest BCUT2D eigenvalue weighted by atomic mass is 16.6. The Kier molecular flexibility index (Phi) is 6.62. The lowest BCUT2D eigenvalue weighted by Crippen LogP contribution is -2.37. The number of hydrogen-bond acceptors (Lipinski definition) is 4. The Morgan fingerprint density at radius 3 is 2.56 bits per heavy atom. The number of esters is 1. The van der Waals surface area contributed by atoms with E-state index in [2.05, 4.69) is 0 Å². The Labute approximate surface area is 149 Å². The number of carbonyl (C=O) groups is 2. The standard InChI is InChI=1S/C20H27NO4/c1-20(2,3)25-19(23)21-12-8-7-11-17(14-21)13-18(22)24-15-16-9-5-4-6-10-16/h4-6,9-10,13H,7-8,11-12,14-15H2,1-3H3/b17-13+. The molecule has 1 aromatic rings. The minimum atomic E-state index is -0.526. The smallest absolute Gasteiger partial charge is 0.410 e. The number of carbonyl (C=O) groups excluding carboxylic acids is 2. The van der Waals surface area contributed by atoms with Crippen LogP contribution in [0.5, 0.6) is 0 Å². The summed E-state index contributed by atoms with van der Waals surface area (Å²) in [5.74, 6) is -0.370. The van der Waals surface area contributed by atoms with Crippen LogP contribution in [0.25, 0.3) is 0 Å². The Bertz CT molecular complexity index is 616. The van der Waals surface area contributed by atoms with E-state index >= 15 is 0 Å². The van der Waals surface area contributed by atoms with Gasteiger partial charge < -0.3 is 14.4 Å². The monoisotopic (exact) mass is 345 g/mol. The lowest BCUT2D eigenvalue weighted by molar-refractivity contribution is -0.139. The summed E-state index contributed by atoms with van der Waals surface area (Å²) in [6, 6.07) is 9.56. The van der Waals surface area contributed by atoms with E-state index in [0.29, 0.717) is 13.1 Å². The van der Waals surface area contributed by atoms with Crippen molar-refractivity contribution in [2.24, 2.45) is 0 Å². The molecule has 5 nitrogen and oxygen atoms in total. The van der Waals surface area contributed by atoms with Gasteiger partial charge in [-0.15, -0.1) is 0 Å². The molecule has 1 saturated heterocycles. The fourth-order valence-electron chi connectivity index (χ4n) is 2.60. The average Bonchev–Trinajstić information content (AvgIpc) is 2.78. The number of nitrogens with zero attached hydrogens (tertiary/aromatic N) is 1. The van der Waals surface area contributed by atoms with Crippen molar-refractivity contribution in [3.05, 3.63) is 47.5 Å². The SMILES string of the molecule is CC(C)(C)OC(=O)N1CCCC/C(=C\C(=O)OCc2ccccc2)C1. The minimum absolute atomic E-state index is 0.249. The first kappa shape index (κ1) is 19.0. The van der Waals surface area contributed by atoms with Crippen molar-refractivity contribution in [3.8, 4) is 0 Å². The number of benzene rings is 1. The van der Waals surface area contributed by atoms with Gasteiger partial charge in [0.1, 0.15) is 12.2 Å². The Morgan fingerprint density at radius 2 is 1.88 bits per heavy atom. The van der Waals surface area contributed by atoms with Crippen LogP contribution in [0.4, 0.5) is 4.79 Å². The molecular weight excluding hydrogens is 318 g/mol. The van der Waals surface area contributed by atoms with Crippen molar-refractivity contribution in [2.75, 3.05) is 13.1 Å². The first-order valence-corrected chi connectivity index (χ1v) is 8.71. The van der Waals surface area contributed by atoms with Crippen LogP contribution in [0, 0.1) is 0 Å². The predicted octanol–water partition coefficient (Wildman–Crippen LogP) is 4.08. The van der Waals surface area contributed by atoms with E-state index in [0.717, 1.165) is 30.4 Å². The minimum Gasteiger partial charge on any atom is -0.458 e. The topological polar surface area (TPSA) is 55.8 Å². The van der Waals surface area contributed by atoms with Gasteiger partial charge in [0.05, 0.1) is 0 Å². The number of likely N-dealkylation sites (tertiary alicyclic amines) is 1. The van der Waals surface area contributed by atoms with Crippen LogP contribution in [0.3, 0.4) is 0 Å². The van der Waals surface area contributed by atoms with Gasteiger partial charge in [-0.05, 0) is 51.2 Å². The molecule has 0 aromatic heterocycles. The molecule has 1 aliphatic heterocycles. The first-order chi connectivity index (χ1) is 11.8. The molecular formula is C20H27NO4. The third-order valence-electron chi connectivity index (χ3n) is 3.77. The average molecular weight is 345 g/mol. The van der Waals surface area contributed by atoms with Gasteiger partial charge in [-0.1, -0.05) is 30.3 Å². The van der Waals surface area contributed by atoms with Crippen molar-refractivity contribution in [1.82, 2.24) is 4.90 Å². The number of rotatable bonds is 3. The van der Waals surface area contributed by atoms with Crippen molar-refractivity contribution in [3.63, 3.8) is 0 Å². The van der Waals surface area contributed by atoms with Gasteiger partial charge in [0.2, 0.25) is 0 Å². The van der Waals surface area contributed by atoms with Crippen LogP contribution in [0.15, 0.2) is 42.0 Å². The molecule has 1 fully saturated rings. The van der Waals surface area contributed by atoms with Crippen LogP contribution in [-0.4, -0.2) is 35.7 Å². The lowest BCUT2D eigenvalue weighted by Gasteiger charge is -2.26. The highest BCUT2D eigenvalue weighted by Crippen LogP contribution is 2.19. The van der Waals surface area contributed by atoms with Gasteiger partial charge in [-0.2, -0.15) is 0 Å². The maximum Gasteiger partial charge on any atom is 0.410 e. The molecule has 2 rings (SSSR count). The lowest BCUT2D eigenvalue weighted by atomic mass is 10.1. The molecule has 136 valence electrons. The normalized spacial score (nSPS) is 17.1. The number of hydrogen-bond donors (Lipinski definition) is 0. The summed E-state index contributed by atoms with van der Waals surface area (Å²) in [5.41, 5.74) is 1.33. The molecule has 0 N–H and O–H groups in total. The zero-order valence-corrected chi connectivity index (χ0v) is 15.3. The summed E-state index contributed by atoms with van der Waals surface area (Å²) in [4.78, 5) is 26.0. The first-order valence-electron chi connectivity index (χ1n) is 8.71. The second-order valence-electron chi connectivity index (χ2n) is 7.25. The summed E-state index contributed by atoms with van der Waals surface area (Å²) in [6.07, 6.45) is 3.82. The zero-order valence-electron chi connectivity index (χ0n) is 15.3. The molecule has 1 aromatic carbocycles. The Balaban J connectivity index is 1.93. The van der Waals surface area contributed by atoms with Gasteiger partial charge in [0, 0.05) is 19.2 Å². The zero-order chi connectivity index (χ0) is 18.3. The van der Waals surface area contributed by atoms with Crippen molar-refractivity contribution < 1.29 is 19.1 Å². The van der Waals surface area contributed by atoms with E-state index in [1.54, 1.807) is 4.90 Å². The summed E-state index contributed by atoms with van der Waals surface area (Å²) >= 11 is 0. The van der Waals surface area contributed by atoms with E-state index in [9.17, 15) is 9.59 Å². The fourth-order valence-corrected chi connectivity index (χ4v) is 2.60. The highest BCUT2D eigenvalue weighted by molar-refractivity contribution is 5.83. The van der Waals surface area contributed by atoms with Gasteiger partial charge in [0.25, 0.3) is 0 Å². The van der Waals surface area contributed by atoms with Gasteiger partial charge in [0.15, 0.2) is 0 Å². The third-order valence-corrected chi connectivity index (χ3v) is 3.77. The third kappa shape index (κ3) is 6.99. The van der Waals surface area contributed by atoms with Gasteiger partial charge >= 0.3 is 12.1 Å². The molecule has 25 heavy (non-hydrogen) atoms. The van der Waals surface area contributed by atoms with E-state index in [1.807, 2.05) is 51.1 Å². The van der Waals surface area contributed by atoms with Crippen LogP contribution >= 0.6 is 0 Å². The summed E-state index contributed by atoms with van der Waals surface area (Å²) in [6.45, 7) is 6.85. The second kappa shape index (κ2) is 8.70. The van der Waals surface area contributed by atoms with E-state index < -0.39 is 5.60 Å². The summed E-state index contributed by atoms with van der Waals surface area (Å²) in [7, 11) is 0. The predicted molar refractivity (Wildman–Crippen MR) is 96.0 cm³/mol. The second-order valence-corrected chi connectivity index (χ2v) is 7.25. The van der Waals surface area contributed by atoms with Crippen LogP contribution in [-0.2, 0) is 20.9 Å². The molecule has 0 saturated carbocycles. The molecule has 5 heteroatoms. The van der Waals surface area contributed by atoms with Crippen molar-refractivity contribution in [1.29, 1.82) is 0 Å². The van der Waals surface area contributed by atoms with Gasteiger partial charge in [-0.25, -0.2) is 9.59 Å². The van der Waals surface area contributed by atoms with E-state index in [-0.39, 0.29) is 18.7 Å². The van der Waals surface area contributed by atoms with Crippen LogP contribution in [0.2, 0.25) is 0 Å². The van der Waals surface area contributed by atoms with Gasteiger partial charge in [-0.3, -0.25) is 0 Å². The molecule has 1 aliphatic rings. The Morgan fingerprint density at radius 1 is 1.16 bits per heavy atom. The molecule has 1 heterocycles. The molecule has 0 bridgehead atoms. The molecule has 0 spiro atoms. The summed E-state index contributed by atoms with van der Waals surface area (Å²) < 4.78 is 10.7. The Hall–Kier alpha value is -2.30. The largest absolute Gasteiger partial charge is 0.458 e. The summed E-state index contributed by atoms with van der Waals surface area (Å²) in [5, 5.41) is 0. The van der Waals surface area contributed by atoms with Crippen LogP contribution < -0.4 is 0 Å². The molecule has 0 radical (unpaired) electrons. The van der Waals surface area contributed by atoms with Crippen LogP contribution in [0.1, 0.15) is 45.6 Å². The van der Waals surface area contributed by atoms with Crippen molar-refractivity contribution in [2.45, 2.75) is 52.2 Å². The molecule has 1 amide bonds.